The van der Waals surface area contributed by atoms with E-state index in [1.165, 1.54) is 0 Å². The summed E-state index contributed by atoms with van der Waals surface area (Å²) in [6, 6.07) is 12.5. The first-order valence-corrected chi connectivity index (χ1v) is 3.55. The van der Waals surface area contributed by atoms with Crippen molar-refractivity contribution in [2.75, 3.05) is 7.11 Å². The third-order valence-corrected chi connectivity index (χ3v) is 0.607. The largest absolute Gasteiger partial charge is 0.184 e. The molecule has 2 heteroatoms. The standard InChI is InChI=1S/C6H5.CH4O.CH2.Cr/c1-2-4-6-5-3-1;1-2;;/h1-5H;2H,1H3;1H2;/q-1;;;. The second-order valence-corrected chi connectivity index (χ2v) is 1.08. The van der Waals surface area contributed by atoms with Gasteiger partial charge in [-0.2, -0.15) is 36.4 Å². The minimum Gasteiger partial charge on any atom is -0.184 e. The zero-order valence-corrected chi connectivity index (χ0v) is 7.22. The number of rotatable bonds is 0. The van der Waals surface area contributed by atoms with Crippen LogP contribution >= 0.6 is 0 Å². The van der Waals surface area contributed by atoms with Gasteiger partial charge in [-0.1, -0.05) is 0 Å². The smallest absolute Gasteiger partial charge is 0.171 e. The maximum atomic E-state index is 7.00. The molecule has 0 heterocycles. The molecule has 0 fully saturated rings. The Balaban J connectivity index is 0. The van der Waals surface area contributed by atoms with Crippen LogP contribution in [0.1, 0.15) is 0 Å². The zero-order chi connectivity index (χ0) is 8.24. The third-order valence-electron chi connectivity index (χ3n) is 0.607. The van der Waals surface area contributed by atoms with Crippen molar-refractivity contribution < 1.29 is 21.0 Å². The summed E-state index contributed by atoms with van der Waals surface area (Å²) in [7, 11) is 1.00. The van der Waals surface area contributed by atoms with E-state index in [1.807, 2.05) is 30.3 Å². The molecule has 0 amide bonds. The van der Waals surface area contributed by atoms with Crippen LogP contribution in [0.25, 0.3) is 0 Å². The van der Waals surface area contributed by atoms with E-state index in [2.05, 4.69) is 27.3 Å². The topological polar surface area (TPSA) is 20.2 Å². The van der Waals surface area contributed by atoms with E-state index < -0.39 is 0 Å². The summed E-state index contributed by atoms with van der Waals surface area (Å²) in [4.78, 5) is 0. The van der Waals surface area contributed by atoms with Crippen LogP contribution < -0.4 is 0 Å². The maximum Gasteiger partial charge on any atom is -0.171 e. The molecule has 1 N–H and O–H groups in total. The Hall–Kier alpha value is -0.418. The molecule has 0 saturated heterocycles. The molecule has 0 atom stereocenters. The minimum atomic E-state index is 1.00. The second kappa shape index (κ2) is 15.8. The van der Waals surface area contributed by atoms with Crippen molar-refractivity contribution >= 4 is 5.39 Å². The zero-order valence-electron chi connectivity index (χ0n) is 5.95. The molecular weight excluding hydrogens is 164 g/mol. The van der Waals surface area contributed by atoms with Crippen LogP contribution in [-0.4, -0.2) is 17.6 Å². The first-order chi connectivity index (χ1) is 5.00. The molecule has 0 unspecified atom stereocenters. The predicted octanol–water partition coefficient (Wildman–Crippen LogP) is 1.06. The van der Waals surface area contributed by atoms with E-state index in [0.717, 1.165) is 7.11 Å². The summed E-state index contributed by atoms with van der Waals surface area (Å²) in [6.07, 6.45) is 0. The van der Waals surface area contributed by atoms with Gasteiger partial charge in [-0.25, -0.2) is 0 Å². The van der Waals surface area contributed by atoms with E-state index in [-0.39, 0.29) is 0 Å². The van der Waals surface area contributed by atoms with Gasteiger partial charge in [0.05, 0.1) is 0 Å². The Bertz CT molecular complexity index is 92.1. The van der Waals surface area contributed by atoms with Crippen molar-refractivity contribution in [3.05, 3.63) is 36.4 Å². The van der Waals surface area contributed by atoms with Crippen molar-refractivity contribution in [1.82, 2.24) is 0 Å². The molecule has 0 radical (unpaired) electrons. The number of hydrogen-bond acceptors (Lipinski definition) is 1. The summed E-state index contributed by atoms with van der Waals surface area (Å²) in [5.41, 5.74) is 0. The minimum absolute atomic E-state index is 1.00. The average molecular weight is 175 g/mol. The van der Waals surface area contributed by atoms with Crippen molar-refractivity contribution in [1.29, 1.82) is 0 Å². The molecular formula is C8H11CrO-. The summed E-state index contributed by atoms with van der Waals surface area (Å²) in [5, 5.41) is 10.1. The maximum absolute atomic E-state index is 7.00. The predicted molar refractivity (Wildman–Crippen MR) is 40.5 cm³/mol. The van der Waals surface area contributed by atoms with Gasteiger partial charge in [0.25, 0.3) is 0 Å². The van der Waals surface area contributed by atoms with Gasteiger partial charge in [-0.15, -0.1) is 0 Å². The Morgan fingerprint density at radius 1 is 1.10 bits per heavy atom. The normalized spacial score (nSPS) is 5.80. The molecule has 0 spiro atoms. The third kappa shape index (κ3) is 10.5. The van der Waals surface area contributed by atoms with Crippen molar-refractivity contribution in [2.45, 2.75) is 0 Å². The fraction of sp³-hybridized carbons (Fsp3) is 0.125. The monoisotopic (exact) mass is 175 g/mol. The van der Waals surface area contributed by atoms with Crippen LogP contribution in [0.5, 0.6) is 0 Å². The number of hydrogen-bond donors (Lipinski definition) is 1. The molecule has 56 valence electrons. The molecule has 0 saturated carbocycles. The quantitative estimate of drug-likeness (QED) is 0.584. The summed E-state index contributed by atoms with van der Waals surface area (Å²) >= 11 is 2.38. The first kappa shape index (κ1) is 12.3. The summed E-state index contributed by atoms with van der Waals surface area (Å²) < 4.78 is 0. The van der Waals surface area contributed by atoms with E-state index in [4.69, 9.17) is 5.11 Å². The van der Waals surface area contributed by atoms with Crippen LogP contribution in [0.15, 0.2) is 30.3 Å². The van der Waals surface area contributed by atoms with Crippen LogP contribution in [0.4, 0.5) is 0 Å². The van der Waals surface area contributed by atoms with Gasteiger partial charge in [-0.05, 0) is 0 Å². The van der Waals surface area contributed by atoms with Gasteiger partial charge < -0.3 is 5.11 Å². The van der Waals surface area contributed by atoms with Gasteiger partial charge in [0.15, 0.2) is 0 Å². The molecule has 1 aromatic rings. The molecule has 1 aromatic carbocycles. The van der Waals surface area contributed by atoms with E-state index >= 15 is 0 Å². The van der Waals surface area contributed by atoms with Crippen LogP contribution in [-0.2, 0) is 15.9 Å². The first-order valence-electron chi connectivity index (χ1n) is 2.65. The van der Waals surface area contributed by atoms with Gasteiger partial charge in [-0.3, -0.25) is 0 Å². The number of aliphatic hydroxyl groups excluding tert-OH is 1. The van der Waals surface area contributed by atoms with E-state index in [1.54, 1.807) is 0 Å². The van der Waals surface area contributed by atoms with Gasteiger partial charge in [0.1, 0.15) is 0 Å². The molecule has 0 aliphatic heterocycles. The average Bonchev–Trinajstić information content (AvgIpc) is 2.14. The van der Waals surface area contributed by atoms with E-state index in [9.17, 15) is 0 Å². The fourth-order valence-corrected chi connectivity index (χ4v) is 0.342. The Labute approximate surface area is 70.3 Å². The van der Waals surface area contributed by atoms with Crippen LogP contribution in [0, 0.1) is 6.07 Å². The molecule has 0 aromatic heterocycles. The van der Waals surface area contributed by atoms with E-state index in [0.29, 0.717) is 0 Å². The van der Waals surface area contributed by atoms with Crippen LogP contribution in [0.3, 0.4) is 0 Å². The van der Waals surface area contributed by atoms with Gasteiger partial charge >= 0.3 is 21.2 Å². The Kier molecular flexibility index (Phi) is 19.4. The molecule has 1 rings (SSSR count). The molecule has 1 nitrogen and oxygen atoms in total. The Morgan fingerprint density at radius 3 is 1.60 bits per heavy atom. The molecule has 10 heavy (non-hydrogen) atoms. The SMILES string of the molecule is CO.[CH2]=[Cr].[c-]1ccccc1. The number of benzene rings is 1. The fourth-order valence-electron chi connectivity index (χ4n) is 0.342. The number of aliphatic hydroxyl groups is 1. The summed E-state index contributed by atoms with van der Waals surface area (Å²) in [6.45, 7) is 0. The van der Waals surface area contributed by atoms with Gasteiger partial charge in [0, 0.05) is 7.11 Å². The molecule has 0 bridgehead atoms. The second-order valence-electron chi connectivity index (χ2n) is 1.08. The Morgan fingerprint density at radius 2 is 1.50 bits per heavy atom. The van der Waals surface area contributed by atoms with Gasteiger partial charge in [0.2, 0.25) is 0 Å². The van der Waals surface area contributed by atoms with Crippen molar-refractivity contribution in [3.63, 3.8) is 0 Å². The molecule has 0 aliphatic carbocycles. The van der Waals surface area contributed by atoms with Crippen LogP contribution in [0.2, 0.25) is 0 Å². The van der Waals surface area contributed by atoms with Crippen molar-refractivity contribution in [2.24, 2.45) is 0 Å². The summed E-state index contributed by atoms with van der Waals surface area (Å²) in [5.74, 6) is 0. The molecule has 0 aliphatic rings. The van der Waals surface area contributed by atoms with Crippen molar-refractivity contribution in [3.8, 4) is 0 Å².